The molecule has 98 valence electrons. The van der Waals surface area contributed by atoms with Crippen molar-refractivity contribution >= 4 is 28.8 Å². The summed E-state index contributed by atoms with van der Waals surface area (Å²) in [5.74, 6) is 1.20. The summed E-state index contributed by atoms with van der Waals surface area (Å²) in [7, 11) is 0. The third-order valence-electron chi connectivity index (χ3n) is 3.11. The molecule has 3 rings (SSSR count). The van der Waals surface area contributed by atoms with E-state index in [1.807, 2.05) is 12.1 Å². The number of aromatic nitrogens is 1. The first-order chi connectivity index (χ1) is 9.33. The molecule has 3 heterocycles. The van der Waals surface area contributed by atoms with E-state index in [0.29, 0.717) is 5.15 Å². The molecule has 0 aliphatic carbocycles. The Labute approximate surface area is 121 Å². The molecule has 0 aromatic carbocycles. The SMILES string of the molecule is Clc1cccc(C(Cc2cccs2)C2=NCCN2)n1. The normalized spacial score (nSPS) is 15.9. The van der Waals surface area contributed by atoms with Crippen molar-refractivity contribution in [2.75, 3.05) is 13.1 Å². The first kappa shape index (κ1) is 12.6. The van der Waals surface area contributed by atoms with Crippen LogP contribution < -0.4 is 5.32 Å². The molecule has 1 unspecified atom stereocenters. The van der Waals surface area contributed by atoms with Crippen molar-refractivity contribution < 1.29 is 0 Å². The average molecular weight is 292 g/mol. The number of rotatable bonds is 4. The van der Waals surface area contributed by atoms with Crippen molar-refractivity contribution in [3.8, 4) is 0 Å². The third-order valence-corrected chi connectivity index (χ3v) is 4.22. The zero-order valence-corrected chi connectivity index (χ0v) is 11.9. The van der Waals surface area contributed by atoms with Gasteiger partial charge in [0.15, 0.2) is 0 Å². The molecule has 19 heavy (non-hydrogen) atoms. The number of hydrogen-bond donors (Lipinski definition) is 1. The number of aliphatic imine (C=N–C) groups is 1. The Morgan fingerprint density at radius 1 is 1.32 bits per heavy atom. The van der Waals surface area contributed by atoms with Crippen LogP contribution in [-0.4, -0.2) is 23.9 Å². The Bertz CT molecular complexity index is 580. The van der Waals surface area contributed by atoms with E-state index in [4.69, 9.17) is 11.6 Å². The van der Waals surface area contributed by atoms with Crippen LogP contribution in [0.3, 0.4) is 0 Å². The third kappa shape index (κ3) is 2.96. The lowest BCUT2D eigenvalue weighted by Crippen LogP contribution is -2.27. The van der Waals surface area contributed by atoms with E-state index >= 15 is 0 Å². The molecule has 0 saturated heterocycles. The standard InChI is InChI=1S/C14H14ClN3S/c15-13-5-1-4-12(18-13)11(14-16-6-7-17-14)9-10-3-2-8-19-10/h1-5,8,11H,6-7,9H2,(H,16,17). The molecule has 5 heteroatoms. The second-order valence-corrected chi connectivity index (χ2v) is 5.83. The van der Waals surface area contributed by atoms with Crippen molar-refractivity contribution in [3.63, 3.8) is 0 Å². The van der Waals surface area contributed by atoms with E-state index < -0.39 is 0 Å². The van der Waals surface area contributed by atoms with Gasteiger partial charge in [0, 0.05) is 11.4 Å². The Hall–Kier alpha value is -1.39. The van der Waals surface area contributed by atoms with Gasteiger partial charge in [0.05, 0.1) is 18.2 Å². The molecule has 1 aliphatic heterocycles. The van der Waals surface area contributed by atoms with E-state index in [1.54, 1.807) is 17.4 Å². The fourth-order valence-corrected chi connectivity index (χ4v) is 3.16. The topological polar surface area (TPSA) is 37.3 Å². The fraction of sp³-hybridized carbons (Fsp3) is 0.286. The van der Waals surface area contributed by atoms with Gasteiger partial charge in [-0.3, -0.25) is 4.99 Å². The van der Waals surface area contributed by atoms with E-state index in [9.17, 15) is 0 Å². The van der Waals surface area contributed by atoms with Gasteiger partial charge in [-0.2, -0.15) is 0 Å². The summed E-state index contributed by atoms with van der Waals surface area (Å²) < 4.78 is 0. The predicted molar refractivity (Wildman–Crippen MR) is 80.3 cm³/mol. The van der Waals surface area contributed by atoms with Gasteiger partial charge >= 0.3 is 0 Å². The summed E-state index contributed by atoms with van der Waals surface area (Å²) in [5.41, 5.74) is 0.981. The number of pyridine rings is 1. The minimum atomic E-state index is 0.167. The first-order valence-electron chi connectivity index (χ1n) is 6.26. The van der Waals surface area contributed by atoms with Gasteiger partial charge in [0.1, 0.15) is 11.0 Å². The molecule has 0 amide bonds. The van der Waals surface area contributed by atoms with Crippen LogP contribution in [0.5, 0.6) is 0 Å². The van der Waals surface area contributed by atoms with Gasteiger partial charge < -0.3 is 5.32 Å². The summed E-state index contributed by atoms with van der Waals surface area (Å²) in [4.78, 5) is 10.3. The van der Waals surface area contributed by atoms with Crippen LogP contribution in [0.25, 0.3) is 0 Å². The van der Waals surface area contributed by atoms with E-state index in [2.05, 4.69) is 32.8 Å². The lowest BCUT2D eigenvalue weighted by Gasteiger charge is -2.16. The maximum Gasteiger partial charge on any atom is 0.129 e. The van der Waals surface area contributed by atoms with E-state index in [0.717, 1.165) is 31.0 Å². The number of halogens is 1. The Morgan fingerprint density at radius 2 is 2.26 bits per heavy atom. The maximum atomic E-state index is 6.01. The van der Waals surface area contributed by atoms with Gasteiger partial charge in [-0.1, -0.05) is 23.7 Å². The molecule has 1 atom stereocenters. The number of amidine groups is 1. The number of nitrogens with zero attached hydrogens (tertiary/aromatic N) is 2. The molecule has 2 aromatic heterocycles. The number of hydrogen-bond acceptors (Lipinski definition) is 4. The minimum Gasteiger partial charge on any atom is -0.371 e. The largest absolute Gasteiger partial charge is 0.371 e. The zero-order valence-electron chi connectivity index (χ0n) is 10.3. The summed E-state index contributed by atoms with van der Waals surface area (Å²) in [6, 6.07) is 10.00. The summed E-state index contributed by atoms with van der Waals surface area (Å²) in [6.45, 7) is 1.76. The molecular formula is C14H14ClN3S. The van der Waals surface area contributed by atoms with Crippen LogP contribution in [0.4, 0.5) is 0 Å². The molecule has 1 N–H and O–H groups in total. The van der Waals surface area contributed by atoms with E-state index in [1.165, 1.54) is 4.88 Å². The highest BCUT2D eigenvalue weighted by Gasteiger charge is 2.23. The predicted octanol–water partition coefficient (Wildman–Crippen LogP) is 3.12. The molecule has 0 fully saturated rings. The molecule has 0 radical (unpaired) electrons. The summed E-state index contributed by atoms with van der Waals surface area (Å²) in [5, 5.41) is 5.99. The Balaban J connectivity index is 1.91. The Morgan fingerprint density at radius 3 is 2.95 bits per heavy atom. The molecule has 0 spiro atoms. The van der Waals surface area contributed by atoms with Crippen molar-refractivity contribution in [1.29, 1.82) is 0 Å². The highest BCUT2D eigenvalue weighted by Crippen LogP contribution is 2.25. The average Bonchev–Trinajstić information content (AvgIpc) is 3.09. The van der Waals surface area contributed by atoms with Crippen LogP contribution in [-0.2, 0) is 6.42 Å². The smallest absolute Gasteiger partial charge is 0.129 e. The second-order valence-electron chi connectivity index (χ2n) is 4.41. The lowest BCUT2D eigenvalue weighted by molar-refractivity contribution is 0.820. The monoisotopic (exact) mass is 291 g/mol. The Kier molecular flexibility index (Phi) is 3.80. The van der Waals surface area contributed by atoms with Gasteiger partial charge in [-0.25, -0.2) is 4.98 Å². The summed E-state index contributed by atoms with van der Waals surface area (Å²) in [6.07, 6.45) is 0.914. The molecule has 0 bridgehead atoms. The van der Waals surface area contributed by atoms with Gasteiger partial charge in [0.2, 0.25) is 0 Å². The van der Waals surface area contributed by atoms with Crippen molar-refractivity contribution in [3.05, 3.63) is 51.4 Å². The number of thiophene rings is 1. The van der Waals surface area contributed by atoms with Crippen molar-refractivity contribution in [2.45, 2.75) is 12.3 Å². The molecule has 0 saturated carbocycles. The summed E-state index contributed by atoms with van der Waals surface area (Å²) >= 11 is 7.77. The van der Waals surface area contributed by atoms with Crippen LogP contribution in [0, 0.1) is 0 Å². The minimum absolute atomic E-state index is 0.167. The quantitative estimate of drug-likeness (QED) is 0.879. The van der Waals surface area contributed by atoms with Crippen LogP contribution in [0.15, 0.2) is 40.7 Å². The highest BCUT2D eigenvalue weighted by molar-refractivity contribution is 7.09. The second kappa shape index (κ2) is 5.72. The first-order valence-corrected chi connectivity index (χ1v) is 7.52. The van der Waals surface area contributed by atoms with Crippen molar-refractivity contribution in [2.24, 2.45) is 4.99 Å². The maximum absolute atomic E-state index is 6.01. The molecular weight excluding hydrogens is 278 g/mol. The van der Waals surface area contributed by atoms with Gasteiger partial charge in [-0.15, -0.1) is 11.3 Å². The van der Waals surface area contributed by atoms with Crippen LogP contribution >= 0.6 is 22.9 Å². The molecule has 2 aromatic rings. The van der Waals surface area contributed by atoms with Crippen molar-refractivity contribution in [1.82, 2.24) is 10.3 Å². The van der Waals surface area contributed by atoms with Gasteiger partial charge in [-0.05, 0) is 30.0 Å². The van der Waals surface area contributed by atoms with Crippen LogP contribution in [0.2, 0.25) is 5.15 Å². The highest BCUT2D eigenvalue weighted by atomic mass is 35.5. The van der Waals surface area contributed by atoms with Crippen LogP contribution in [0.1, 0.15) is 16.5 Å². The molecule has 3 nitrogen and oxygen atoms in total. The van der Waals surface area contributed by atoms with Gasteiger partial charge in [0.25, 0.3) is 0 Å². The molecule has 1 aliphatic rings. The zero-order chi connectivity index (χ0) is 13.1. The van der Waals surface area contributed by atoms with E-state index in [-0.39, 0.29) is 5.92 Å². The lowest BCUT2D eigenvalue weighted by atomic mass is 9.98. The fourth-order valence-electron chi connectivity index (χ4n) is 2.24. The number of nitrogens with one attached hydrogen (secondary N) is 1.